The van der Waals surface area contributed by atoms with Crippen molar-refractivity contribution in [1.29, 1.82) is 0 Å². The first-order valence-corrected chi connectivity index (χ1v) is 4.69. The zero-order valence-electron chi connectivity index (χ0n) is 5.04. The van der Waals surface area contributed by atoms with Crippen LogP contribution in [0.2, 0.25) is 0 Å². The van der Waals surface area contributed by atoms with E-state index in [2.05, 4.69) is 37.7 Å². The highest BCUT2D eigenvalue weighted by Crippen LogP contribution is 2.33. The molecule has 0 aromatic carbocycles. The lowest BCUT2D eigenvalue weighted by Gasteiger charge is -2.16. The Morgan fingerprint density at radius 2 is 2.50 bits per heavy atom. The third kappa shape index (κ3) is 0.950. The van der Waals surface area contributed by atoms with E-state index in [9.17, 15) is 0 Å². The molecule has 0 bridgehead atoms. The van der Waals surface area contributed by atoms with Crippen LogP contribution in [0.25, 0.3) is 0 Å². The first kappa shape index (κ1) is 6.60. The molecule has 52 valence electrons. The van der Waals surface area contributed by atoms with E-state index in [0.29, 0.717) is 0 Å². The summed E-state index contributed by atoms with van der Waals surface area (Å²) in [5.74, 6) is 0. The van der Waals surface area contributed by atoms with Crippen molar-refractivity contribution in [3.05, 3.63) is 33.8 Å². The molecule has 2 aliphatic rings. The molecule has 1 N–H and O–H groups in total. The molecule has 2 rings (SSSR count). The molecule has 0 atom stereocenters. The molecule has 0 fully saturated rings. The van der Waals surface area contributed by atoms with E-state index in [1.807, 2.05) is 18.5 Å². The number of nitrogens with zero attached hydrogens (tertiary/aromatic N) is 1. The van der Waals surface area contributed by atoms with Gasteiger partial charge in [0.05, 0.1) is 17.8 Å². The number of hydrogen-bond donors (Lipinski definition) is 1. The molecule has 0 aromatic rings. The molecule has 0 aliphatic carbocycles. The molecule has 2 aliphatic heterocycles. The van der Waals surface area contributed by atoms with Gasteiger partial charge >= 0.3 is 0 Å². The zero-order chi connectivity index (χ0) is 6.97. The second-order valence-corrected chi connectivity index (χ2v) is 3.89. The van der Waals surface area contributed by atoms with Crippen molar-refractivity contribution in [3.8, 4) is 0 Å². The quantitative estimate of drug-likeness (QED) is 0.533. The van der Waals surface area contributed by atoms with Gasteiger partial charge in [-0.05, 0) is 34.7 Å². The predicted octanol–water partition coefficient (Wildman–Crippen LogP) is 2.14. The Bertz CT molecular complexity index is 244. The zero-order valence-corrected chi connectivity index (χ0v) is 8.02. The average Bonchev–Trinajstić information content (AvgIpc) is 2.36. The Morgan fingerprint density at radius 1 is 1.60 bits per heavy atom. The summed E-state index contributed by atoms with van der Waals surface area (Å²) in [6, 6.07) is 0. The number of allylic oxidation sites excluding steroid dienone is 3. The summed E-state index contributed by atoms with van der Waals surface area (Å²) < 4.78 is 6.45. The summed E-state index contributed by atoms with van der Waals surface area (Å²) >= 11 is 3.91. The molecule has 0 radical (unpaired) electrons. The second kappa shape index (κ2) is 2.50. The smallest absolute Gasteiger partial charge is 0.0834 e. The maximum atomic E-state index is 3.08. The van der Waals surface area contributed by atoms with Crippen molar-refractivity contribution in [2.45, 2.75) is 0 Å². The van der Waals surface area contributed by atoms with E-state index in [-0.39, 0.29) is 0 Å². The van der Waals surface area contributed by atoms with Gasteiger partial charge in [-0.2, -0.15) is 0 Å². The van der Waals surface area contributed by atoms with Gasteiger partial charge in [-0.25, -0.2) is 0 Å². The maximum absolute atomic E-state index is 3.08. The number of fused-ring (bicyclic) bond motifs is 1. The lowest BCUT2D eigenvalue weighted by atomic mass is 10.3. The van der Waals surface area contributed by atoms with Gasteiger partial charge in [-0.1, -0.05) is 0 Å². The van der Waals surface area contributed by atoms with Crippen molar-refractivity contribution >= 4 is 34.7 Å². The highest BCUT2D eigenvalue weighted by Gasteiger charge is 2.17. The lowest BCUT2D eigenvalue weighted by Crippen LogP contribution is -2.05. The third-order valence-electron chi connectivity index (χ3n) is 1.29. The monoisotopic (exact) mass is 264 g/mol. The fraction of sp³-hybridized carbons (Fsp3) is 0. The first-order chi connectivity index (χ1) is 4.88. The molecule has 0 aromatic heterocycles. The van der Waals surface area contributed by atoms with Gasteiger partial charge in [-0.15, -0.1) is 0 Å². The maximum Gasteiger partial charge on any atom is 0.0834 e. The van der Waals surface area contributed by atoms with Crippen LogP contribution in [-0.4, -0.2) is 4.31 Å². The molecule has 2 nitrogen and oxygen atoms in total. The predicted molar refractivity (Wildman–Crippen MR) is 51.9 cm³/mol. The summed E-state index contributed by atoms with van der Waals surface area (Å²) in [5.41, 5.74) is 1.24. The van der Waals surface area contributed by atoms with E-state index in [4.69, 9.17) is 0 Å². The molecule has 0 spiro atoms. The van der Waals surface area contributed by atoms with Crippen molar-refractivity contribution in [3.63, 3.8) is 0 Å². The van der Waals surface area contributed by atoms with Crippen LogP contribution in [0.3, 0.4) is 0 Å². The minimum absolute atomic E-state index is 1.24. The van der Waals surface area contributed by atoms with Gasteiger partial charge in [0.2, 0.25) is 0 Å². The van der Waals surface area contributed by atoms with Gasteiger partial charge in [0.25, 0.3) is 0 Å². The summed E-state index contributed by atoms with van der Waals surface area (Å²) in [7, 11) is 0. The third-order valence-corrected chi connectivity index (χ3v) is 2.94. The lowest BCUT2D eigenvalue weighted by molar-refractivity contribution is 0.805. The summed E-state index contributed by atoms with van der Waals surface area (Å²) in [6.07, 6.45) is 8.18. The molecule has 0 saturated carbocycles. The van der Waals surface area contributed by atoms with Crippen LogP contribution in [0.5, 0.6) is 0 Å². The average molecular weight is 264 g/mol. The van der Waals surface area contributed by atoms with E-state index in [1.165, 1.54) is 9.28 Å². The van der Waals surface area contributed by atoms with Gasteiger partial charge in [0.15, 0.2) is 0 Å². The Kier molecular flexibility index (Phi) is 1.65. The SMILES string of the molecule is IC1=CC=CN2SNC=C12. The fourth-order valence-corrected chi connectivity index (χ4v) is 2.27. The summed E-state index contributed by atoms with van der Waals surface area (Å²) in [4.78, 5) is 0. The van der Waals surface area contributed by atoms with Crippen LogP contribution in [0.15, 0.2) is 33.8 Å². The van der Waals surface area contributed by atoms with Crippen LogP contribution in [0, 0.1) is 0 Å². The number of hydrogen-bond acceptors (Lipinski definition) is 3. The van der Waals surface area contributed by atoms with Gasteiger partial charge in [0, 0.05) is 16.0 Å². The molecular weight excluding hydrogens is 259 g/mol. The van der Waals surface area contributed by atoms with Crippen LogP contribution in [0.4, 0.5) is 0 Å². The number of rotatable bonds is 0. The minimum atomic E-state index is 1.24. The Balaban J connectivity index is 2.38. The fourth-order valence-electron chi connectivity index (χ4n) is 0.828. The Morgan fingerprint density at radius 3 is 3.30 bits per heavy atom. The van der Waals surface area contributed by atoms with Crippen LogP contribution in [-0.2, 0) is 0 Å². The normalized spacial score (nSPS) is 21.5. The molecule has 0 saturated heterocycles. The summed E-state index contributed by atoms with van der Waals surface area (Å²) in [5, 5.41) is 0. The van der Waals surface area contributed by atoms with Crippen molar-refractivity contribution in [2.24, 2.45) is 0 Å². The molecule has 0 unspecified atom stereocenters. The van der Waals surface area contributed by atoms with Gasteiger partial charge in [-0.3, -0.25) is 4.31 Å². The van der Waals surface area contributed by atoms with E-state index in [0.717, 1.165) is 0 Å². The van der Waals surface area contributed by atoms with Crippen LogP contribution in [0.1, 0.15) is 0 Å². The van der Waals surface area contributed by atoms with E-state index in [1.54, 1.807) is 12.1 Å². The first-order valence-electron chi connectivity index (χ1n) is 2.84. The van der Waals surface area contributed by atoms with Gasteiger partial charge in [0.1, 0.15) is 0 Å². The van der Waals surface area contributed by atoms with Crippen LogP contribution >= 0.6 is 34.7 Å². The highest BCUT2D eigenvalue weighted by atomic mass is 127. The number of halogens is 1. The second-order valence-electron chi connectivity index (χ2n) is 1.92. The Hall–Kier alpha value is -0.100. The van der Waals surface area contributed by atoms with Gasteiger partial charge < -0.3 is 4.72 Å². The standard InChI is InChI=1S/C6H5IN2S/c7-5-2-1-3-9-6(5)4-8-10-9/h1-4,8H. The van der Waals surface area contributed by atoms with Crippen molar-refractivity contribution in [2.75, 3.05) is 0 Å². The molecule has 2 heterocycles. The highest BCUT2D eigenvalue weighted by molar-refractivity contribution is 14.1. The van der Waals surface area contributed by atoms with Crippen molar-refractivity contribution in [1.82, 2.24) is 9.03 Å². The molecule has 0 amide bonds. The molecular formula is C6H5IN2S. The van der Waals surface area contributed by atoms with E-state index < -0.39 is 0 Å². The molecule has 4 heteroatoms. The number of nitrogens with one attached hydrogen (secondary N) is 1. The summed E-state index contributed by atoms with van der Waals surface area (Å²) in [6.45, 7) is 0. The van der Waals surface area contributed by atoms with E-state index >= 15 is 0 Å². The Labute approximate surface area is 77.4 Å². The van der Waals surface area contributed by atoms with Crippen LogP contribution < -0.4 is 4.72 Å². The molecule has 10 heavy (non-hydrogen) atoms. The largest absolute Gasteiger partial charge is 0.316 e. The van der Waals surface area contributed by atoms with Crippen molar-refractivity contribution < 1.29 is 0 Å². The topological polar surface area (TPSA) is 15.3 Å². The minimum Gasteiger partial charge on any atom is -0.316 e.